The molecule has 212 valence electrons. The largest absolute Gasteiger partial charge is 0.463 e. The first-order valence-corrected chi connectivity index (χ1v) is 14.2. The highest BCUT2D eigenvalue weighted by Gasteiger charge is 2.45. The molecule has 1 aliphatic rings. The second-order valence-electron chi connectivity index (χ2n) is 10.1. The minimum atomic E-state index is -1.54. The average Bonchev–Trinajstić information content (AvgIpc) is 2.91. The van der Waals surface area contributed by atoms with Gasteiger partial charge in [0.25, 0.3) is 0 Å². The topological polar surface area (TPSA) is 126 Å². The molecule has 37 heavy (non-hydrogen) atoms. The lowest BCUT2D eigenvalue weighted by molar-refractivity contribution is -0.278. The Morgan fingerprint density at radius 1 is 0.811 bits per heavy atom. The number of hydrogen-bond donors (Lipinski definition) is 4. The Bertz CT molecular complexity index is 742. The predicted octanol–water partition coefficient (Wildman–Crippen LogP) is 4.39. The first kappa shape index (κ1) is 31.5. The summed E-state index contributed by atoms with van der Waals surface area (Å²) in [5.41, 5.74) is 0.486. The summed E-state index contributed by atoms with van der Waals surface area (Å²) in [6, 6.07) is 6.69. The second kappa shape index (κ2) is 18.5. The van der Waals surface area contributed by atoms with E-state index < -0.39 is 30.7 Å². The number of benzene rings is 1. The summed E-state index contributed by atoms with van der Waals surface area (Å²) in [6.07, 6.45) is 9.39. The molecule has 8 heteroatoms. The van der Waals surface area contributed by atoms with Crippen molar-refractivity contribution in [3.05, 3.63) is 29.8 Å². The zero-order valence-corrected chi connectivity index (χ0v) is 22.4. The molecular formula is C29H48O8. The van der Waals surface area contributed by atoms with E-state index in [1.807, 2.05) is 0 Å². The summed E-state index contributed by atoms with van der Waals surface area (Å²) in [7, 11) is 0. The van der Waals surface area contributed by atoms with Crippen LogP contribution in [0.1, 0.15) is 102 Å². The van der Waals surface area contributed by atoms with Gasteiger partial charge in [-0.25, -0.2) is 0 Å². The van der Waals surface area contributed by atoms with Gasteiger partial charge in [0.1, 0.15) is 36.8 Å². The number of aliphatic hydroxyl groups excluding tert-OH is 4. The smallest absolute Gasteiger partial charge is 0.305 e. The van der Waals surface area contributed by atoms with Gasteiger partial charge in [-0.3, -0.25) is 4.79 Å². The fourth-order valence-electron chi connectivity index (χ4n) is 4.56. The van der Waals surface area contributed by atoms with Crippen molar-refractivity contribution in [1.29, 1.82) is 0 Å². The van der Waals surface area contributed by atoms with Gasteiger partial charge in [-0.1, -0.05) is 102 Å². The van der Waals surface area contributed by atoms with Crippen molar-refractivity contribution in [2.45, 2.75) is 134 Å². The Kier molecular flexibility index (Phi) is 15.8. The number of hydrogen-bond acceptors (Lipinski definition) is 8. The molecule has 1 heterocycles. The highest BCUT2D eigenvalue weighted by molar-refractivity contribution is 5.69. The molecule has 0 aliphatic carbocycles. The van der Waals surface area contributed by atoms with E-state index in [2.05, 4.69) is 6.92 Å². The lowest BCUT2D eigenvalue weighted by Crippen LogP contribution is -2.60. The minimum Gasteiger partial charge on any atom is -0.463 e. The number of carbonyl (C=O) groups excluding carboxylic acids is 1. The third-order valence-corrected chi connectivity index (χ3v) is 6.95. The van der Waals surface area contributed by atoms with Crippen LogP contribution in [0.3, 0.4) is 0 Å². The highest BCUT2D eigenvalue weighted by Crippen LogP contribution is 2.27. The SMILES string of the molecule is CCCCCCCCCCCCCCCC(=O)OC[C@H]1O[C@@H](Oc2ccccc2CO)[C@H](O)[C@@H](O)[C@@H]1O. The molecule has 0 unspecified atom stereocenters. The molecule has 0 amide bonds. The van der Waals surface area contributed by atoms with E-state index in [1.165, 1.54) is 64.2 Å². The van der Waals surface area contributed by atoms with Gasteiger partial charge >= 0.3 is 5.97 Å². The third kappa shape index (κ3) is 11.7. The molecule has 0 aromatic heterocycles. The summed E-state index contributed by atoms with van der Waals surface area (Å²) in [6.45, 7) is 1.71. The minimum absolute atomic E-state index is 0.260. The average molecular weight is 525 g/mol. The normalized spacial score (nSPS) is 23.6. The van der Waals surface area contributed by atoms with Crippen LogP contribution in [0.5, 0.6) is 5.75 Å². The van der Waals surface area contributed by atoms with Crippen LogP contribution in [0.2, 0.25) is 0 Å². The summed E-state index contributed by atoms with van der Waals surface area (Å²) >= 11 is 0. The van der Waals surface area contributed by atoms with E-state index in [9.17, 15) is 25.2 Å². The van der Waals surface area contributed by atoms with Crippen molar-refractivity contribution in [3.63, 3.8) is 0 Å². The van der Waals surface area contributed by atoms with Crippen LogP contribution < -0.4 is 4.74 Å². The number of esters is 1. The van der Waals surface area contributed by atoms with Crippen molar-refractivity contribution in [2.24, 2.45) is 0 Å². The summed E-state index contributed by atoms with van der Waals surface area (Å²) in [5.74, 6) is -0.0987. The molecule has 0 spiro atoms. The van der Waals surface area contributed by atoms with Crippen LogP contribution in [0.15, 0.2) is 24.3 Å². The van der Waals surface area contributed by atoms with Crippen LogP contribution in [-0.2, 0) is 20.9 Å². The number of aliphatic hydroxyl groups is 4. The van der Waals surface area contributed by atoms with E-state index in [4.69, 9.17) is 14.2 Å². The Morgan fingerprint density at radius 3 is 1.97 bits per heavy atom. The Morgan fingerprint density at radius 2 is 1.38 bits per heavy atom. The zero-order valence-electron chi connectivity index (χ0n) is 22.4. The standard InChI is InChI=1S/C29H48O8/c1-2-3-4-5-6-7-8-9-10-11-12-13-14-19-25(31)35-21-24-26(32)27(33)28(34)29(37-24)36-23-18-16-15-17-22(23)20-30/h15-18,24,26-30,32-34H,2-14,19-21H2,1H3/t24-,26-,27+,28-,29-/m1/s1. The number of para-hydroxylation sites is 1. The molecule has 8 nitrogen and oxygen atoms in total. The van der Waals surface area contributed by atoms with Crippen molar-refractivity contribution < 1.29 is 39.4 Å². The van der Waals surface area contributed by atoms with Crippen LogP contribution in [0.4, 0.5) is 0 Å². The number of rotatable bonds is 19. The first-order valence-electron chi connectivity index (χ1n) is 14.2. The van der Waals surface area contributed by atoms with Crippen molar-refractivity contribution >= 4 is 5.97 Å². The molecule has 1 saturated heterocycles. The van der Waals surface area contributed by atoms with E-state index in [-0.39, 0.29) is 31.4 Å². The van der Waals surface area contributed by atoms with Crippen molar-refractivity contribution in [2.75, 3.05) is 6.61 Å². The lowest BCUT2D eigenvalue weighted by Gasteiger charge is -2.40. The number of carbonyl (C=O) groups is 1. The van der Waals surface area contributed by atoms with Crippen molar-refractivity contribution in [3.8, 4) is 5.75 Å². The van der Waals surface area contributed by atoms with Gasteiger partial charge in [-0.2, -0.15) is 0 Å². The molecule has 1 fully saturated rings. The van der Waals surface area contributed by atoms with E-state index in [0.29, 0.717) is 5.56 Å². The zero-order chi connectivity index (χ0) is 26.9. The molecule has 1 aromatic rings. The molecule has 0 radical (unpaired) electrons. The fraction of sp³-hybridized carbons (Fsp3) is 0.759. The quantitative estimate of drug-likeness (QED) is 0.155. The fourth-order valence-corrected chi connectivity index (χ4v) is 4.56. The van der Waals surface area contributed by atoms with Crippen LogP contribution >= 0.6 is 0 Å². The molecule has 5 atom stereocenters. The van der Waals surface area contributed by atoms with Gasteiger partial charge in [0.05, 0.1) is 6.61 Å². The number of unbranched alkanes of at least 4 members (excludes halogenated alkanes) is 12. The third-order valence-electron chi connectivity index (χ3n) is 6.95. The van der Waals surface area contributed by atoms with E-state index in [1.54, 1.807) is 24.3 Å². The predicted molar refractivity (Wildman–Crippen MR) is 141 cm³/mol. The summed E-state index contributed by atoms with van der Waals surface area (Å²) in [5, 5.41) is 40.3. The summed E-state index contributed by atoms with van der Waals surface area (Å²) in [4.78, 5) is 12.2. The van der Waals surface area contributed by atoms with Crippen LogP contribution in [0.25, 0.3) is 0 Å². The van der Waals surface area contributed by atoms with Gasteiger partial charge in [0.2, 0.25) is 6.29 Å². The molecule has 0 bridgehead atoms. The maximum Gasteiger partial charge on any atom is 0.305 e. The monoisotopic (exact) mass is 524 g/mol. The Balaban J connectivity index is 1.59. The van der Waals surface area contributed by atoms with Crippen molar-refractivity contribution in [1.82, 2.24) is 0 Å². The maximum absolute atomic E-state index is 12.2. The van der Waals surface area contributed by atoms with Crippen LogP contribution in [-0.4, -0.2) is 63.7 Å². The molecular weight excluding hydrogens is 476 g/mol. The number of ether oxygens (including phenoxy) is 3. The lowest BCUT2D eigenvalue weighted by atomic mass is 9.99. The molecule has 2 rings (SSSR count). The van der Waals surface area contributed by atoms with Crippen LogP contribution in [0, 0.1) is 0 Å². The Hall–Kier alpha value is -1.71. The second-order valence-corrected chi connectivity index (χ2v) is 10.1. The van der Waals surface area contributed by atoms with Gasteiger partial charge in [0, 0.05) is 12.0 Å². The summed E-state index contributed by atoms with van der Waals surface area (Å²) < 4.78 is 16.5. The first-order chi connectivity index (χ1) is 18.0. The highest BCUT2D eigenvalue weighted by atomic mass is 16.7. The Labute approximate surface area is 221 Å². The molecule has 1 aliphatic heterocycles. The van der Waals surface area contributed by atoms with Gasteiger partial charge in [-0.05, 0) is 12.5 Å². The van der Waals surface area contributed by atoms with Gasteiger partial charge in [0.15, 0.2) is 0 Å². The van der Waals surface area contributed by atoms with Gasteiger partial charge < -0.3 is 34.6 Å². The molecule has 0 saturated carbocycles. The molecule has 4 N–H and O–H groups in total. The maximum atomic E-state index is 12.2. The molecule has 1 aromatic carbocycles. The van der Waals surface area contributed by atoms with E-state index in [0.717, 1.165) is 19.3 Å². The van der Waals surface area contributed by atoms with E-state index >= 15 is 0 Å². The van der Waals surface area contributed by atoms with Gasteiger partial charge in [-0.15, -0.1) is 0 Å².